The first-order valence-electron chi connectivity index (χ1n) is 9.61. The van der Waals surface area contributed by atoms with Crippen LogP contribution in [-0.4, -0.2) is 38.6 Å². The summed E-state index contributed by atoms with van der Waals surface area (Å²) in [6.45, 7) is 3.48. The molecule has 0 aliphatic heterocycles. The molecule has 0 saturated heterocycles. The molecule has 3 atom stereocenters. The Morgan fingerprint density at radius 2 is 2.26 bits per heavy atom. The Bertz CT molecular complexity index is 707. The molecule has 23 heavy (non-hydrogen) atoms. The third kappa shape index (κ3) is 4.79. The summed E-state index contributed by atoms with van der Waals surface area (Å²) < 4.78 is 31.1. The maximum absolute atomic E-state index is 11.7. The van der Waals surface area contributed by atoms with E-state index in [9.17, 15) is 9.90 Å². The first kappa shape index (κ1) is 12.5. The van der Waals surface area contributed by atoms with Crippen LogP contribution in [0.1, 0.15) is 62.7 Å². The van der Waals surface area contributed by atoms with Crippen LogP contribution in [0, 0.1) is 5.92 Å². The number of nitrogens with zero attached hydrogens (tertiary/aromatic N) is 2. The monoisotopic (exact) mass is 325 g/mol. The van der Waals surface area contributed by atoms with Gasteiger partial charge in [0.1, 0.15) is 5.82 Å². The van der Waals surface area contributed by atoms with Gasteiger partial charge < -0.3 is 21.5 Å². The number of primary amides is 1. The fourth-order valence-corrected chi connectivity index (χ4v) is 2.35. The van der Waals surface area contributed by atoms with E-state index in [-0.39, 0.29) is 42.1 Å². The molecule has 0 radical (unpaired) electrons. The molecule has 5 N–H and O–H groups in total. The van der Waals surface area contributed by atoms with Crippen molar-refractivity contribution in [2.45, 2.75) is 64.5 Å². The molecule has 1 amide bonds. The lowest BCUT2D eigenvalue weighted by molar-refractivity contribution is 0.0739. The van der Waals surface area contributed by atoms with Gasteiger partial charge in [0.15, 0.2) is 0 Å². The van der Waals surface area contributed by atoms with E-state index < -0.39 is 30.8 Å². The second-order valence-corrected chi connectivity index (χ2v) is 6.84. The van der Waals surface area contributed by atoms with E-state index in [0.717, 1.165) is 0 Å². The minimum Gasteiger partial charge on any atom is -0.393 e. The number of carbonyl (C=O) groups is 1. The largest absolute Gasteiger partial charge is 0.393 e. The van der Waals surface area contributed by atoms with Gasteiger partial charge in [-0.3, -0.25) is 4.79 Å². The van der Waals surface area contributed by atoms with Crippen molar-refractivity contribution in [3.8, 4) is 0 Å². The summed E-state index contributed by atoms with van der Waals surface area (Å²) in [7, 11) is 0. The number of aromatic nitrogens is 2. The molecular formula is C16H27N5O2. The smallest absolute Gasteiger partial charge is 0.254 e. The molecule has 1 aromatic heterocycles. The number of aliphatic hydroxyl groups excluding tert-OH is 1. The number of hydrogen-bond donors (Lipinski definition) is 4. The number of aliphatic hydroxyl groups is 1. The second kappa shape index (κ2) is 6.70. The van der Waals surface area contributed by atoms with Crippen LogP contribution in [0.2, 0.25) is 0 Å². The molecule has 3 unspecified atom stereocenters. The van der Waals surface area contributed by atoms with E-state index in [1.54, 1.807) is 0 Å². The van der Waals surface area contributed by atoms with Gasteiger partial charge in [0.05, 0.1) is 13.0 Å². The molecule has 1 saturated carbocycles. The number of nitrogens with two attached hydrogens (primary N) is 1. The van der Waals surface area contributed by atoms with E-state index >= 15 is 0 Å². The van der Waals surface area contributed by atoms with Crippen LogP contribution in [0.4, 0.5) is 11.8 Å². The van der Waals surface area contributed by atoms with E-state index in [0.29, 0.717) is 0 Å². The van der Waals surface area contributed by atoms with Crippen LogP contribution in [0.25, 0.3) is 0 Å². The van der Waals surface area contributed by atoms with Gasteiger partial charge in [-0.2, -0.15) is 4.98 Å². The molecule has 7 heteroatoms. The highest BCUT2D eigenvalue weighted by molar-refractivity contribution is 5.97. The van der Waals surface area contributed by atoms with Gasteiger partial charge in [-0.1, -0.05) is 6.85 Å². The molecule has 0 spiro atoms. The van der Waals surface area contributed by atoms with E-state index in [1.807, 2.05) is 20.8 Å². The molecule has 0 bridgehead atoms. The van der Waals surface area contributed by atoms with Crippen LogP contribution in [0.5, 0.6) is 0 Å². The molecule has 1 aliphatic rings. The summed E-state index contributed by atoms with van der Waals surface area (Å²) in [4.78, 5) is 20.0. The summed E-state index contributed by atoms with van der Waals surface area (Å²) in [6, 6.07) is -1.38. The number of hydrogen-bond acceptors (Lipinski definition) is 6. The molecule has 1 heterocycles. The summed E-state index contributed by atoms with van der Waals surface area (Å²) in [5.41, 5.74) is 5.08. The highest BCUT2D eigenvalue weighted by Gasteiger charge is 2.27. The van der Waals surface area contributed by atoms with Crippen molar-refractivity contribution >= 4 is 17.7 Å². The Morgan fingerprint density at radius 3 is 2.83 bits per heavy atom. The number of amides is 1. The third-order valence-electron chi connectivity index (χ3n) is 3.51. The van der Waals surface area contributed by atoms with Gasteiger partial charge in [-0.15, -0.1) is 0 Å². The minimum atomic E-state index is -2.28. The van der Waals surface area contributed by atoms with Gasteiger partial charge >= 0.3 is 0 Å². The van der Waals surface area contributed by atoms with Crippen LogP contribution in [-0.2, 0) is 0 Å². The van der Waals surface area contributed by atoms with Crippen molar-refractivity contribution in [1.82, 2.24) is 9.97 Å². The van der Waals surface area contributed by atoms with Crippen molar-refractivity contribution in [3.63, 3.8) is 0 Å². The second-order valence-electron chi connectivity index (χ2n) is 6.84. The normalized spacial score (nSPS) is 31.3. The number of nitrogens with one attached hydrogen (secondary N) is 2. The summed E-state index contributed by atoms with van der Waals surface area (Å²) in [6.07, 6.45) is 0.331. The van der Waals surface area contributed by atoms with E-state index in [2.05, 4.69) is 20.6 Å². The van der Waals surface area contributed by atoms with Crippen LogP contribution < -0.4 is 16.4 Å². The number of rotatable bonds is 4. The Labute approximate surface area is 142 Å². The zero-order valence-corrected chi connectivity index (χ0v) is 13.7. The quantitative estimate of drug-likeness (QED) is 0.671. The van der Waals surface area contributed by atoms with Gasteiger partial charge in [-0.05, 0) is 46.0 Å². The topological polar surface area (TPSA) is 113 Å². The van der Waals surface area contributed by atoms with Crippen molar-refractivity contribution < 1.29 is 15.4 Å². The van der Waals surface area contributed by atoms with Gasteiger partial charge in [-0.25, -0.2) is 4.98 Å². The first-order valence-corrected chi connectivity index (χ1v) is 7.61. The Balaban J connectivity index is 2.27. The summed E-state index contributed by atoms with van der Waals surface area (Å²) in [5, 5.41) is 16.2. The lowest BCUT2D eigenvalue weighted by atomic mass is 9.85. The zero-order chi connectivity index (χ0) is 20.6. The van der Waals surface area contributed by atoms with Gasteiger partial charge in [0.25, 0.3) is 5.91 Å². The van der Waals surface area contributed by atoms with Crippen LogP contribution >= 0.6 is 0 Å². The molecule has 0 aromatic carbocycles. The minimum absolute atomic E-state index is 0.0218. The average molecular weight is 325 g/mol. The van der Waals surface area contributed by atoms with Crippen molar-refractivity contribution in [2.24, 2.45) is 11.7 Å². The highest BCUT2D eigenvalue weighted by Crippen LogP contribution is 2.27. The van der Waals surface area contributed by atoms with Crippen LogP contribution in [0.15, 0.2) is 6.20 Å². The fourth-order valence-electron chi connectivity index (χ4n) is 2.35. The maximum Gasteiger partial charge on any atom is 0.254 e. The number of carbonyl (C=O) groups excluding carboxylic acids is 1. The molecular weight excluding hydrogens is 294 g/mol. The first-order chi connectivity index (χ1) is 12.2. The van der Waals surface area contributed by atoms with E-state index in [1.165, 1.54) is 6.20 Å². The fraction of sp³-hybridized carbons (Fsp3) is 0.688. The molecule has 1 aromatic rings. The van der Waals surface area contributed by atoms with Gasteiger partial charge in [0, 0.05) is 21.9 Å². The van der Waals surface area contributed by atoms with Crippen LogP contribution in [0.3, 0.4) is 0 Å². The summed E-state index contributed by atoms with van der Waals surface area (Å²) in [5.74, 6) is -1.29. The Hall–Kier alpha value is -1.89. The predicted octanol–water partition coefficient (Wildman–Crippen LogP) is 1.75. The molecule has 7 nitrogen and oxygen atoms in total. The molecule has 2 rings (SSSR count). The standard InChI is InChI=1S/C16H27N5O2/c1-9-5-6-10(7-12(9)22)19-14-11(13(17)23)8-18-15(20-14)21-16(2,3)4/h8-10,12,22H,5-7H2,1-4H3,(H2,17,23)(H2,18,19,20,21)/i1D3,10D. The van der Waals surface area contributed by atoms with E-state index in [4.69, 9.17) is 11.2 Å². The molecule has 1 fully saturated rings. The highest BCUT2D eigenvalue weighted by atomic mass is 16.3. The zero-order valence-electron chi connectivity index (χ0n) is 17.7. The van der Waals surface area contributed by atoms with Gasteiger partial charge in [0.2, 0.25) is 5.95 Å². The Morgan fingerprint density at radius 1 is 1.52 bits per heavy atom. The number of anilines is 2. The lowest BCUT2D eigenvalue weighted by Crippen LogP contribution is -2.36. The van der Waals surface area contributed by atoms with Crippen molar-refractivity contribution in [3.05, 3.63) is 11.8 Å². The average Bonchev–Trinajstić information content (AvgIpc) is 2.43. The maximum atomic E-state index is 11.7. The van der Waals surface area contributed by atoms with Crippen molar-refractivity contribution in [1.29, 1.82) is 0 Å². The Kier molecular flexibility index (Phi) is 3.65. The van der Waals surface area contributed by atoms with Crippen molar-refractivity contribution in [2.75, 3.05) is 10.6 Å². The molecule has 1 aliphatic carbocycles. The summed E-state index contributed by atoms with van der Waals surface area (Å²) >= 11 is 0. The SMILES string of the molecule is [2H]C1(Nc2nc(NC(C)(C)C)ncc2C(N)=O)CCC(C([2H])([2H])[2H])C(O)C1. The lowest BCUT2D eigenvalue weighted by Gasteiger charge is -2.32. The predicted molar refractivity (Wildman–Crippen MR) is 90.4 cm³/mol. The molecule has 128 valence electrons. The third-order valence-corrected chi connectivity index (χ3v) is 3.51.